The lowest BCUT2D eigenvalue weighted by molar-refractivity contribution is -0.118. The summed E-state index contributed by atoms with van der Waals surface area (Å²) in [6, 6.07) is 5.25. The van der Waals surface area contributed by atoms with Gasteiger partial charge >= 0.3 is 0 Å². The minimum Gasteiger partial charge on any atom is -0.485 e. The van der Waals surface area contributed by atoms with E-state index >= 15 is 0 Å². The molecule has 0 bridgehead atoms. The van der Waals surface area contributed by atoms with Crippen LogP contribution in [0.3, 0.4) is 0 Å². The summed E-state index contributed by atoms with van der Waals surface area (Å²) in [6.45, 7) is 0.880. The lowest BCUT2D eigenvalue weighted by Crippen LogP contribution is -2.24. The number of nitrogens with two attached hydrogens (primary N) is 1. The van der Waals surface area contributed by atoms with E-state index in [0.717, 1.165) is 0 Å². The molecule has 0 fully saturated rings. The molecule has 0 unspecified atom stereocenters. The van der Waals surface area contributed by atoms with Crippen molar-refractivity contribution in [1.82, 2.24) is 0 Å². The second-order valence-electron chi connectivity index (χ2n) is 3.79. The molecule has 18 heavy (non-hydrogen) atoms. The predicted molar refractivity (Wildman–Crippen MR) is 60.6 cm³/mol. The Morgan fingerprint density at radius 1 is 1.06 bits per heavy atom. The third-order valence-electron chi connectivity index (χ3n) is 2.64. The molecule has 0 saturated carbocycles. The van der Waals surface area contributed by atoms with Crippen LogP contribution in [0, 0.1) is 0 Å². The summed E-state index contributed by atoms with van der Waals surface area (Å²) in [5, 5.41) is 0. The maximum atomic E-state index is 11.3. The molecule has 3 rings (SSSR count). The third kappa shape index (κ3) is 1.71. The standard InChI is InChI=1S/C12H11NO5/c13-12(14)11-10(15-3-4-16-11)7-1-2-8-9(5-7)18-6-17-8/h1-2,5H,3-4,6H2,(H2,13,14). The lowest BCUT2D eigenvalue weighted by atomic mass is 10.1. The van der Waals surface area contributed by atoms with Crippen molar-refractivity contribution >= 4 is 11.7 Å². The van der Waals surface area contributed by atoms with Crippen LogP contribution in [-0.2, 0) is 14.3 Å². The van der Waals surface area contributed by atoms with E-state index in [-0.39, 0.29) is 12.6 Å². The van der Waals surface area contributed by atoms with Gasteiger partial charge in [-0.3, -0.25) is 4.79 Å². The fraction of sp³-hybridized carbons (Fsp3) is 0.250. The summed E-state index contributed by atoms with van der Waals surface area (Å²) in [5.74, 6) is 1.00. The Morgan fingerprint density at radius 2 is 1.83 bits per heavy atom. The smallest absolute Gasteiger partial charge is 0.287 e. The summed E-state index contributed by atoms with van der Waals surface area (Å²) in [4.78, 5) is 11.3. The number of primary amides is 1. The molecule has 0 spiro atoms. The number of rotatable bonds is 2. The molecule has 1 aromatic rings. The molecule has 2 aliphatic heterocycles. The zero-order valence-electron chi connectivity index (χ0n) is 9.47. The molecule has 0 aliphatic carbocycles. The summed E-state index contributed by atoms with van der Waals surface area (Å²) < 4.78 is 21.2. The Balaban J connectivity index is 2.05. The van der Waals surface area contributed by atoms with E-state index in [2.05, 4.69) is 0 Å². The Labute approximate surface area is 103 Å². The maximum absolute atomic E-state index is 11.3. The van der Waals surface area contributed by atoms with Crippen LogP contribution < -0.4 is 15.2 Å². The normalized spacial score (nSPS) is 17.1. The van der Waals surface area contributed by atoms with E-state index in [1.807, 2.05) is 0 Å². The summed E-state index contributed by atoms with van der Waals surface area (Å²) >= 11 is 0. The number of amides is 1. The topological polar surface area (TPSA) is 80.0 Å². The molecule has 1 aromatic carbocycles. The van der Waals surface area contributed by atoms with Gasteiger partial charge in [0.05, 0.1) is 0 Å². The molecular weight excluding hydrogens is 238 g/mol. The number of fused-ring (bicyclic) bond motifs is 1. The molecule has 94 valence electrons. The first kappa shape index (κ1) is 10.8. The van der Waals surface area contributed by atoms with Crippen LogP contribution >= 0.6 is 0 Å². The van der Waals surface area contributed by atoms with Crippen LogP contribution in [0.25, 0.3) is 5.76 Å². The first-order chi connectivity index (χ1) is 8.75. The van der Waals surface area contributed by atoms with E-state index in [1.165, 1.54) is 0 Å². The lowest BCUT2D eigenvalue weighted by Gasteiger charge is -2.20. The number of benzene rings is 1. The molecule has 0 atom stereocenters. The van der Waals surface area contributed by atoms with Gasteiger partial charge in [0.2, 0.25) is 12.6 Å². The van der Waals surface area contributed by atoms with Crippen molar-refractivity contribution in [3.8, 4) is 11.5 Å². The molecule has 1 amide bonds. The number of carbonyl (C=O) groups is 1. The monoisotopic (exact) mass is 249 g/mol. The molecule has 2 heterocycles. The van der Waals surface area contributed by atoms with Crippen LogP contribution in [0.15, 0.2) is 24.0 Å². The molecule has 0 saturated heterocycles. The van der Waals surface area contributed by atoms with Crippen molar-refractivity contribution in [2.24, 2.45) is 5.73 Å². The van der Waals surface area contributed by atoms with Crippen LogP contribution in [0.1, 0.15) is 5.56 Å². The Hall–Kier alpha value is -2.37. The highest BCUT2D eigenvalue weighted by molar-refractivity contribution is 5.97. The summed E-state index contributed by atoms with van der Waals surface area (Å²) in [6.07, 6.45) is 0. The van der Waals surface area contributed by atoms with Crippen LogP contribution in [-0.4, -0.2) is 25.9 Å². The molecule has 2 aliphatic rings. The Morgan fingerprint density at radius 3 is 2.67 bits per heavy atom. The van der Waals surface area contributed by atoms with Gasteiger partial charge in [-0.15, -0.1) is 0 Å². The second kappa shape index (κ2) is 4.14. The number of carbonyl (C=O) groups excluding carboxylic acids is 1. The second-order valence-corrected chi connectivity index (χ2v) is 3.79. The first-order valence-corrected chi connectivity index (χ1v) is 5.45. The van der Waals surface area contributed by atoms with Crippen molar-refractivity contribution in [2.45, 2.75) is 0 Å². The zero-order valence-corrected chi connectivity index (χ0v) is 9.47. The molecule has 6 heteroatoms. The molecular formula is C12H11NO5. The minimum absolute atomic E-state index is 0.0418. The van der Waals surface area contributed by atoms with Gasteiger partial charge < -0.3 is 24.7 Å². The molecule has 2 N–H and O–H groups in total. The van der Waals surface area contributed by atoms with Crippen LogP contribution in [0.5, 0.6) is 11.5 Å². The average molecular weight is 249 g/mol. The summed E-state index contributed by atoms with van der Waals surface area (Å²) in [7, 11) is 0. The number of hydrogen-bond acceptors (Lipinski definition) is 5. The van der Waals surface area contributed by atoms with Gasteiger partial charge in [-0.05, 0) is 18.2 Å². The fourth-order valence-corrected chi connectivity index (χ4v) is 1.85. The number of hydrogen-bond donors (Lipinski definition) is 1. The molecule has 6 nitrogen and oxygen atoms in total. The van der Waals surface area contributed by atoms with Gasteiger partial charge in [-0.2, -0.15) is 0 Å². The molecule has 0 aromatic heterocycles. The third-order valence-corrected chi connectivity index (χ3v) is 2.64. The Bertz CT molecular complexity index is 537. The zero-order chi connectivity index (χ0) is 12.5. The fourth-order valence-electron chi connectivity index (χ4n) is 1.85. The van der Waals surface area contributed by atoms with Crippen LogP contribution in [0.4, 0.5) is 0 Å². The van der Waals surface area contributed by atoms with Gasteiger partial charge in [0.25, 0.3) is 5.91 Å². The van der Waals surface area contributed by atoms with E-state index in [4.69, 9.17) is 24.7 Å². The average Bonchev–Trinajstić information content (AvgIpc) is 2.85. The van der Waals surface area contributed by atoms with E-state index in [0.29, 0.717) is 36.0 Å². The van der Waals surface area contributed by atoms with Crippen molar-refractivity contribution < 1.29 is 23.7 Å². The van der Waals surface area contributed by atoms with Gasteiger partial charge in [0.1, 0.15) is 13.2 Å². The van der Waals surface area contributed by atoms with Crippen molar-refractivity contribution in [3.05, 3.63) is 29.5 Å². The molecule has 0 radical (unpaired) electrons. The van der Waals surface area contributed by atoms with Crippen molar-refractivity contribution in [1.29, 1.82) is 0 Å². The highest BCUT2D eigenvalue weighted by Crippen LogP contribution is 2.36. The highest BCUT2D eigenvalue weighted by atomic mass is 16.7. The number of ether oxygens (including phenoxy) is 4. The first-order valence-electron chi connectivity index (χ1n) is 5.45. The maximum Gasteiger partial charge on any atom is 0.287 e. The van der Waals surface area contributed by atoms with Gasteiger partial charge in [0, 0.05) is 5.56 Å². The van der Waals surface area contributed by atoms with E-state index in [1.54, 1.807) is 18.2 Å². The van der Waals surface area contributed by atoms with E-state index in [9.17, 15) is 4.79 Å². The van der Waals surface area contributed by atoms with E-state index < -0.39 is 5.91 Å². The quantitative estimate of drug-likeness (QED) is 0.830. The predicted octanol–water partition coefficient (Wildman–Crippen LogP) is 0.616. The van der Waals surface area contributed by atoms with Gasteiger partial charge in [-0.1, -0.05) is 0 Å². The largest absolute Gasteiger partial charge is 0.485 e. The minimum atomic E-state index is -0.651. The van der Waals surface area contributed by atoms with Gasteiger partial charge in [-0.25, -0.2) is 0 Å². The SMILES string of the molecule is NC(=O)C1=C(c2ccc3c(c2)OCO3)OCCO1. The van der Waals surface area contributed by atoms with Crippen molar-refractivity contribution in [3.63, 3.8) is 0 Å². The highest BCUT2D eigenvalue weighted by Gasteiger charge is 2.24. The van der Waals surface area contributed by atoms with Crippen molar-refractivity contribution in [2.75, 3.05) is 20.0 Å². The Kier molecular flexibility index (Phi) is 2.47. The summed E-state index contributed by atoms with van der Waals surface area (Å²) in [5.41, 5.74) is 5.92. The van der Waals surface area contributed by atoms with Gasteiger partial charge in [0.15, 0.2) is 17.3 Å². The van der Waals surface area contributed by atoms with Crippen LogP contribution in [0.2, 0.25) is 0 Å².